The van der Waals surface area contributed by atoms with E-state index in [2.05, 4.69) is 5.32 Å². The number of fused-ring (bicyclic) bond motifs is 1. The number of rotatable bonds is 3. The number of benzene rings is 1. The topological polar surface area (TPSA) is 29.1 Å². The molecule has 0 spiro atoms. The number of hydrogen-bond donors (Lipinski definition) is 1. The van der Waals surface area contributed by atoms with E-state index in [1.54, 1.807) is 31.4 Å². The lowest BCUT2D eigenvalue weighted by atomic mass is 9.88. The number of allylic oxidation sites excluding steroid dienone is 8. The third-order valence-electron chi connectivity index (χ3n) is 3.97. The average molecular weight is 299 g/mol. The van der Waals surface area contributed by atoms with Crippen LogP contribution < -0.4 is 5.32 Å². The Morgan fingerprint density at radius 2 is 1.95 bits per heavy atom. The van der Waals surface area contributed by atoms with Gasteiger partial charge < -0.3 is 5.32 Å². The van der Waals surface area contributed by atoms with Crippen LogP contribution in [0.5, 0.6) is 0 Å². The van der Waals surface area contributed by atoms with Crippen molar-refractivity contribution in [3.8, 4) is 0 Å². The van der Waals surface area contributed by atoms with Gasteiger partial charge in [0.25, 0.3) is 0 Å². The third-order valence-corrected chi connectivity index (χ3v) is 3.97. The van der Waals surface area contributed by atoms with Crippen molar-refractivity contribution in [1.29, 1.82) is 0 Å². The first-order valence-electron chi connectivity index (χ1n) is 7.02. The molecular formula is C18H15F2NO. The van der Waals surface area contributed by atoms with Crippen LogP contribution in [0.25, 0.3) is 5.57 Å². The minimum Gasteiger partial charge on any atom is -0.386 e. The molecule has 0 heterocycles. The molecule has 0 radical (unpaired) electrons. The monoisotopic (exact) mass is 299 g/mol. The second kappa shape index (κ2) is 5.37. The summed E-state index contributed by atoms with van der Waals surface area (Å²) in [7, 11) is 1.59. The summed E-state index contributed by atoms with van der Waals surface area (Å²) in [6, 6.07) is 2.62. The van der Waals surface area contributed by atoms with E-state index in [9.17, 15) is 13.6 Å². The molecule has 0 aromatic heterocycles. The van der Waals surface area contributed by atoms with Crippen LogP contribution in [0.2, 0.25) is 0 Å². The summed E-state index contributed by atoms with van der Waals surface area (Å²) in [5.41, 5.74) is 2.21. The molecule has 0 saturated carbocycles. The fraction of sp³-hybridized carbons (Fsp3) is 0.167. The van der Waals surface area contributed by atoms with Crippen molar-refractivity contribution >= 4 is 17.0 Å². The van der Waals surface area contributed by atoms with Crippen LogP contribution in [-0.2, 0) is 4.79 Å². The van der Waals surface area contributed by atoms with E-state index in [-0.39, 0.29) is 23.0 Å². The zero-order valence-corrected chi connectivity index (χ0v) is 12.3. The Hall–Kier alpha value is -2.49. The fourth-order valence-corrected chi connectivity index (χ4v) is 2.85. The molecule has 0 fully saturated rings. The predicted octanol–water partition coefficient (Wildman–Crippen LogP) is 4.03. The van der Waals surface area contributed by atoms with Gasteiger partial charge in [0.1, 0.15) is 5.82 Å². The van der Waals surface area contributed by atoms with E-state index in [0.717, 1.165) is 5.57 Å². The molecule has 2 nitrogen and oxygen atoms in total. The molecule has 1 unspecified atom stereocenters. The highest BCUT2D eigenvalue weighted by Gasteiger charge is 2.25. The van der Waals surface area contributed by atoms with Crippen molar-refractivity contribution in [1.82, 2.24) is 0 Å². The van der Waals surface area contributed by atoms with Gasteiger partial charge in [-0.05, 0) is 30.2 Å². The first-order valence-corrected chi connectivity index (χ1v) is 7.02. The van der Waals surface area contributed by atoms with Gasteiger partial charge in [-0.2, -0.15) is 0 Å². The van der Waals surface area contributed by atoms with Crippen molar-refractivity contribution in [2.45, 2.75) is 6.92 Å². The lowest BCUT2D eigenvalue weighted by Gasteiger charge is -2.17. The number of hydrogen-bond acceptors (Lipinski definition) is 2. The summed E-state index contributed by atoms with van der Waals surface area (Å²) in [6.07, 6.45) is 8.84. The van der Waals surface area contributed by atoms with Crippen LogP contribution in [0.3, 0.4) is 0 Å². The summed E-state index contributed by atoms with van der Waals surface area (Å²) in [5, 5.41) is 2.71. The summed E-state index contributed by atoms with van der Waals surface area (Å²) in [5.74, 6) is -1.34. The molecular weight excluding hydrogens is 284 g/mol. The Morgan fingerprint density at radius 3 is 2.64 bits per heavy atom. The van der Waals surface area contributed by atoms with Crippen molar-refractivity contribution in [3.63, 3.8) is 0 Å². The average Bonchev–Trinajstić information content (AvgIpc) is 2.91. The van der Waals surface area contributed by atoms with Gasteiger partial charge in [0, 0.05) is 18.5 Å². The standard InChI is InChI=1S/C18H15F2NO/c1-10(22)13-5-3-11-9-12(4-6-14(11)13)17-15(19)7-8-16(21-2)18(17)20/h3-9,11,21H,1-2H3. The van der Waals surface area contributed by atoms with Crippen LogP contribution in [0.4, 0.5) is 14.5 Å². The molecule has 22 heavy (non-hydrogen) atoms. The number of halogens is 2. The molecule has 2 aliphatic rings. The first-order chi connectivity index (χ1) is 10.5. The first kappa shape index (κ1) is 14.4. The van der Waals surface area contributed by atoms with Gasteiger partial charge in [-0.25, -0.2) is 8.78 Å². The summed E-state index contributed by atoms with van der Waals surface area (Å²) in [6.45, 7) is 1.51. The van der Waals surface area contributed by atoms with Crippen LogP contribution in [0.1, 0.15) is 12.5 Å². The Labute approximate surface area is 127 Å². The quantitative estimate of drug-likeness (QED) is 0.913. The molecule has 1 aromatic carbocycles. The zero-order valence-electron chi connectivity index (χ0n) is 12.3. The van der Waals surface area contributed by atoms with E-state index in [1.807, 2.05) is 6.08 Å². The van der Waals surface area contributed by atoms with Gasteiger partial charge in [0.15, 0.2) is 11.6 Å². The van der Waals surface area contributed by atoms with E-state index >= 15 is 0 Å². The van der Waals surface area contributed by atoms with Crippen LogP contribution in [-0.4, -0.2) is 12.8 Å². The second-order valence-corrected chi connectivity index (χ2v) is 5.30. The highest BCUT2D eigenvalue weighted by Crippen LogP contribution is 2.37. The molecule has 3 rings (SSSR count). The number of Topliss-reactive ketones (excluding diaryl/α,β-unsaturated/α-hetero) is 1. The van der Waals surface area contributed by atoms with Crippen LogP contribution in [0.15, 0.2) is 53.7 Å². The van der Waals surface area contributed by atoms with E-state index in [4.69, 9.17) is 0 Å². The van der Waals surface area contributed by atoms with Crippen LogP contribution >= 0.6 is 0 Å². The number of anilines is 1. The second-order valence-electron chi connectivity index (χ2n) is 5.30. The third kappa shape index (κ3) is 2.21. The normalized spacial score (nSPS) is 19.3. The molecule has 112 valence electrons. The maximum absolute atomic E-state index is 14.4. The van der Waals surface area contributed by atoms with E-state index in [1.165, 1.54) is 19.1 Å². The highest BCUT2D eigenvalue weighted by atomic mass is 19.1. The maximum atomic E-state index is 14.4. The summed E-state index contributed by atoms with van der Waals surface area (Å²) >= 11 is 0. The smallest absolute Gasteiger partial charge is 0.160 e. The Bertz CT molecular complexity index is 785. The molecule has 0 amide bonds. The van der Waals surface area contributed by atoms with Gasteiger partial charge in [0.05, 0.1) is 11.3 Å². The Balaban J connectivity index is 2.07. The Morgan fingerprint density at radius 1 is 1.18 bits per heavy atom. The largest absolute Gasteiger partial charge is 0.386 e. The highest BCUT2D eigenvalue weighted by molar-refractivity contribution is 5.99. The zero-order chi connectivity index (χ0) is 15.9. The van der Waals surface area contributed by atoms with Gasteiger partial charge in [-0.3, -0.25) is 4.79 Å². The lowest BCUT2D eigenvalue weighted by Crippen LogP contribution is -2.06. The minimum atomic E-state index is -0.611. The van der Waals surface area contributed by atoms with Crippen molar-refractivity contribution in [2.24, 2.45) is 5.92 Å². The minimum absolute atomic E-state index is 0.00945. The number of ketones is 1. The predicted molar refractivity (Wildman–Crippen MR) is 83.4 cm³/mol. The summed E-state index contributed by atoms with van der Waals surface area (Å²) < 4.78 is 28.5. The van der Waals surface area contributed by atoms with E-state index in [0.29, 0.717) is 11.1 Å². The lowest BCUT2D eigenvalue weighted by molar-refractivity contribution is -0.113. The van der Waals surface area contributed by atoms with Crippen molar-refractivity contribution in [2.75, 3.05) is 12.4 Å². The molecule has 1 aromatic rings. The molecule has 0 aliphatic heterocycles. The number of carbonyl (C=O) groups excluding carboxylic acids is 1. The molecule has 2 aliphatic carbocycles. The van der Waals surface area contributed by atoms with Crippen LogP contribution in [0, 0.1) is 17.6 Å². The molecule has 1 N–H and O–H groups in total. The van der Waals surface area contributed by atoms with Crippen molar-refractivity contribution in [3.05, 3.63) is 70.9 Å². The fourth-order valence-electron chi connectivity index (χ4n) is 2.85. The Kier molecular flexibility index (Phi) is 3.53. The van der Waals surface area contributed by atoms with Gasteiger partial charge in [-0.15, -0.1) is 0 Å². The molecule has 0 saturated heterocycles. The SMILES string of the molecule is CNc1ccc(F)c(C2=CC3C=CC(C(C)=O)=C3C=C2)c1F. The van der Waals surface area contributed by atoms with Gasteiger partial charge in [0.2, 0.25) is 0 Å². The number of nitrogens with one attached hydrogen (secondary N) is 1. The molecule has 1 atom stereocenters. The van der Waals surface area contributed by atoms with Gasteiger partial charge >= 0.3 is 0 Å². The van der Waals surface area contributed by atoms with Gasteiger partial charge in [-0.1, -0.05) is 30.4 Å². The summed E-state index contributed by atoms with van der Waals surface area (Å²) in [4.78, 5) is 11.6. The molecule has 4 heteroatoms. The van der Waals surface area contributed by atoms with Crippen molar-refractivity contribution < 1.29 is 13.6 Å². The maximum Gasteiger partial charge on any atom is 0.160 e. The van der Waals surface area contributed by atoms with E-state index < -0.39 is 11.6 Å². The molecule has 0 bridgehead atoms. The number of carbonyl (C=O) groups is 1.